The molecule has 30 heavy (non-hydrogen) atoms. The summed E-state index contributed by atoms with van der Waals surface area (Å²) in [6, 6.07) is 15.3. The highest BCUT2D eigenvalue weighted by atomic mass is 32.2. The van der Waals surface area contributed by atoms with Crippen molar-refractivity contribution in [1.29, 1.82) is 0 Å². The molecule has 2 aromatic rings. The molecule has 1 N–H and O–H groups in total. The Morgan fingerprint density at radius 3 is 2.33 bits per heavy atom. The van der Waals surface area contributed by atoms with Gasteiger partial charge in [-0.25, -0.2) is 12.7 Å². The Morgan fingerprint density at radius 2 is 1.77 bits per heavy atom. The molecular weight excluding hydrogens is 400 g/mol. The molecule has 3 rings (SSSR count). The van der Waals surface area contributed by atoms with Crippen LogP contribution >= 0.6 is 0 Å². The van der Waals surface area contributed by atoms with E-state index in [-0.39, 0.29) is 11.7 Å². The lowest BCUT2D eigenvalue weighted by Gasteiger charge is -2.40. The van der Waals surface area contributed by atoms with Crippen LogP contribution in [0, 0.1) is 6.92 Å². The Balaban J connectivity index is 1.87. The van der Waals surface area contributed by atoms with Gasteiger partial charge in [0.25, 0.3) is 0 Å². The molecule has 1 fully saturated rings. The summed E-state index contributed by atoms with van der Waals surface area (Å²) in [7, 11) is -3.27. The van der Waals surface area contributed by atoms with Crippen molar-refractivity contribution in [3.05, 3.63) is 59.7 Å². The highest BCUT2D eigenvalue weighted by Gasteiger charge is 2.44. The van der Waals surface area contributed by atoms with Crippen LogP contribution in [0.5, 0.6) is 5.75 Å². The molecule has 1 amide bonds. The number of carbonyl (C=O) groups is 1. The number of hydrogen-bond donors (Lipinski definition) is 1. The molecule has 1 aliphatic heterocycles. The average Bonchev–Trinajstić information content (AvgIpc) is 2.76. The van der Waals surface area contributed by atoms with Gasteiger partial charge in [-0.05, 0) is 62.9 Å². The van der Waals surface area contributed by atoms with Crippen molar-refractivity contribution in [2.24, 2.45) is 0 Å². The normalized spacial score (nSPS) is 16.8. The molecule has 0 aliphatic carbocycles. The summed E-state index contributed by atoms with van der Waals surface area (Å²) in [5.74, 6) is 0.764. The second kappa shape index (κ2) is 9.18. The number of amides is 1. The zero-order chi connectivity index (χ0) is 21.8. The minimum atomic E-state index is -3.27. The van der Waals surface area contributed by atoms with Gasteiger partial charge >= 0.3 is 0 Å². The minimum Gasteiger partial charge on any atom is -0.494 e. The van der Waals surface area contributed by atoms with Gasteiger partial charge in [-0.1, -0.05) is 30.3 Å². The fraction of sp³-hybridized carbons (Fsp3) is 0.435. The number of rotatable bonds is 7. The van der Waals surface area contributed by atoms with Crippen molar-refractivity contribution in [1.82, 2.24) is 4.31 Å². The molecule has 7 heteroatoms. The van der Waals surface area contributed by atoms with Crippen LogP contribution in [-0.2, 0) is 20.2 Å². The van der Waals surface area contributed by atoms with Crippen LogP contribution < -0.4 is 10.1 Å². The van der Waals surface area contributed by atoms with Crippen molar-refractivity contribution >= 4 is 21.6 Å². The average molecular weight is 431 g/mol. The molecule has 6 nitrogen and oxygen atoms in total. The SMILES string of the molecule is CCOc1ccc(NC(=O)C2(c3ccccc3)CCN(S(=O)(=O)CC)CC2)cc1C. The maximum absolute atomic E-state index is 13.5. The largest absolute Gasteiger partial charge is 0.494 e. The molecule has 1 aliphatic rings. The van der Waals surface area contributed by atoms with E-state index < -0.39 is 15.4 Å². The van der Waals surface area contributed by atoms with E-state index in [0.717, 1.165) is 16.9 Å². The number of sulfonamides is 1. The third kappa shape index (κ3) is 4.52. The summed E-state index contributed by atoms with van der Waals surface area (Å²) in [6.07, 6.45) is 0.885. The number of benzene rings is 2. The van der Waals surface area contributed by atoms with Gasteiger partial charge in [0.05, 0.1) is 17.8 Å². The van der Waals surface area contributed by atoms with Crippen molar-refractivity contribution < 1.29 is 17.9 Å². The van der Waals surface area contributed by atoms with Crippen LogP contribution in [0.15, 0.2) is 48.5 Å². The van der Waals surface area contributed by atoms with E-state index in [1.165, 1.54) is 4.31 Å². The van der Waals surface area contributed by atoms with Crippen LogP contribution in [0.4, 0.5) is 5.69 Å². The molecule has 1 saturated heterocycles. The lowest BCUT2D eigenvalue weighted by Crippen LogP contribution is -2.51. The van der Waals surface area contributed by atoms with E-state index in [1.807, 2.05) is 62.4 Å². The fourth-order valence-corrected chi connectivity index (χ4v) is 5.13. The maximum Gasteiger partial charge on any atom is 0.235 e. The Morgan fingerprint density at radius 1 is 1.10 bits per heavy atom. The second-order valence-corrected chi connectivity index (χ2v) is 9.87. The van der Waals surface area contributed by atoms with E-state index in [1.54, 1.807) is 6.92 Å². The van der Waals surface area contributed by atoms with E-state index in [9.17, 15) is 13.2 Å². The van der Waals surface area contributed by atoms with Gasteiger partial charge < -0.3 is 10.1 Å². The summed E-state index contributed by atoms with van der Waals surface area (Å²) in [5.41, 5.74) is 1.80. The molecule has 0 saturated carbocycles. The lowest BCUT2D eigenvalue weighted by atomic mass is 9.72. The van der Waals surface area contributed by atoms with Gasteiger partial charge in [-0.15, -0.1) is 0 Å². The topological polar surface area (TPSA) is 75.7 Å². The Kier molecular flexibility index (Phi) is 6.83. The smallest absolute Gasteiger partial charge is 0.235 e. The number of ether oxygens (including phenoxy) is 1. The first-order valence-corrected chi connectivity index (χ1v) is 12.0. The fourth-order valence-electron chi connectivity index (χ4n) is 4.03. The van der Waals surface area contributed by atoms with E-state index in [0.29, 0.717) is 38.2 Å². The zero-order valence-corrected chi connectivity index (χ0v) is 18.7. The Bertz CT molecular complexity index is 982. The van der Waals surface area contributed by atoms with E-state index >= 15 is 0 Å². The predicted octanol–water partition coefficient (Wildman–Crippen LogP) is 3.72. The van der Waals surface area contributed by atoms with Crippen LogP contribution in [0.3, 0.4) is 0 Å². The molecule has 162 valence electrons. The molecule has 2 aromatic carbocycles. The van der Waals surface area contributed by atoms with Crippen LogP contribution in [-0.4, -0.2) is 44.1 Å². The third-order valence-electron chi connectivity index (χ3n) is 5.83. The van der Waals surface area contributed by atoms with Gasteiger partial charge in [0.1, 0.15) is 5.75 Å². The van der Waals surface area contributed by atoms with Gasteiger partial charge in [0.2, 0.25) is 15.9 Å². The third-order valence-corrected chi connectivity index (χ3v) is 7.71. The van der Waals surface area contributed by atoms with Crippen LogP contribution in [0.1, 0.15) is 37.8 Å². The monoisotopic (exact) mass is 430 g/mol. The Hall–Kier alpha value is -2.38. The quantitative estimate of drug-likeness (QED) is 0.726. The van der Waals surface area contributed by atoms with Gasteiger partial charge in [0.15, 0.2) is 0 Å². The number of aryl methyl sites for hydroxylation is 1. The number of anilines is 1. The molecule has 0 bridgehead atoms. The number of carbonyl (C=O) groups excluding carboxylic acids is 1. The highest BCUT2D eigenvalue weighted by molar-refractivity contribution is 7.89. The minimum absolute atomic E-state index is 0.0724. The van der Waals surface area contributed by atoms with Crippen molar-refractivity contribution in [2.45, 2.75) is 39.0 Å². The first-order chi connectivity index (χ1) is 14.3. The number of piperidine rings is 1. The van der Waals surface area contributed by atoms with E-state index in [4.69, 9.17) is 4.74 Å². The molecular formula is C23H30N2O4S. The first kappa shape index (κ1) is 22.3. The van der Waals surface area contributed by atoms with Gasteiger partial charge in [0, 0.05) is 18.8 Å². The summed E-state index contributed by atoms with van der Waals surface area (Å²) in [4.78, 5) is 13.5. The molecule has 0 spiro atoms. The van der Waals surface area contributed by atoms with Crippen molar-refractivity contribution in [3.8, 4) is 5.75 Å². The van der Waals surface area contributed by atoms with Gasteiger partial charge in [-0.3, -0.25) is 4.79 Å². The van der Waals surface area contributed by atoms with Gasteiger partial charge in [-0.2, -0.15) is 0 Å². The van der Waals surface area contributed by atoms with Crippen molar-refractivity contribution in [2.75, 3.05) is 30.8 Å². The highest BCUT2D eigenvalue weighted by Crippen LogP contribution is 2.38. The number of hydrogen-bond acceptors (Lipinski definition) is 4. The Labute approximate surface area is 179 Å². The maximum atomic E-state index is 13.5. The summed E-state index contributed by atoms with van der Waals surface area (Å²) < 4.78 is 31.7. The summed E-state index contributed by atoms with van der Waals surface area (Å²) in [5, 5.41) is 3.07. The first-order valence-electron chi connectivity index (χ1n) is 10.4. The number of nitrogens with one attached hydrogen (secondary N) is 1. The van der Waals surface area contributed by atoms with Crippen LogP contribution in [0.25, 0.3) is 0 Å². The molecule has 0 atom stereocenters. The standard InChI is InChI=1S/C23H30N2O4S/c1-4-29-21-12-11-20(17-18(21)3)24-22(26)23(19-9-7-6-8-10-19)13-15-25(16-14-23)30(27,28)5-2/h6-12,17H,4-5,13-16H2,1-3H3,(H,24,26). The summed E-state index contributed by atoms with van der Waals surface area (Å²) in [6.45, 7) is 6.78. The lowest BCUT2D eigenvalue weighted by molar-refractivity contribution is -0.123. The van der Waals surface area contributed by atoms with Crippen LogP contribution in [0.2, 0.25) is 0 Å². The molecule has 1 heterocycles. The van der Waals surface area contributed by atoms with E-state index in [2.05, 4.69) is 5.32 Å². The number of nitrogens with zero attached hydrogens (tertiary/aromatic N) is 1. The molecule has 0 aromatic heterocycles. The molecule has 0 unspecified atom stereocenters. The second-order valence-electron chi connectivity index (χ2n) is 7.62. The molecule has 0 radical (unpaired) electrons. The summed E-state index contributed by atoms with van der Waals surface area (Å²) >= 11 is 0. The zero-order valence-electron chi connectivity index (χ0n) is 17.8. The predicted molar refractivity (Wildman–Crippen MR) is 119 cm³/mol. The van der Waals surface area contributed by atoms with Crippen molar-refractivity contribution in [3.63, 3.8) is 0 Å².